The van der Waals surface area contributed by atoms with Crippen molar-refractivity contribution in [3.8, 4) is 11.1 Å². The Kier molecular flexibility index (Phi) is 3.69. The van der Waals surface area contributed by atoms with E-state index in [-0.39, 0.29) is 0 Å². The Morgan fingerprint density at radius 1 is 1.14 bits per heavy atom. The Labute approximate surface area is 124 Å². The van der Waals surface area contributed by atoms with Crippen molar-refractivity contribution < 1.29 is 0 Å². The second kappa shape index (κ2) is 5.79. The van der Waals surface area contributed by atoms with Gasteiger partial charge >= 0.3 is 0 Å². The molecule has 4 nitrogen and oxygen atoms in total. The second-order valence-corrected chi connectivity index (χ2v) is 5.19. The van der Waals surface area contributed by atoms with E-state index in [0.29, 0.717) is 5.82 Å². The van der Waals surface area contributed by atoms with Crippen LogP contribution in [0.15, 0.2) is 48.8 Å². The Hall–Kier alpha value is -2.62. The normalized spacial score (nSPS) is 10.7. The highest BCUT2D eigenvalue weighted by Gasteiger charge is 2.13. The number of hydrogen-bond acceptors (Lipinski definition) is 3. The fraction of sp³-hybridized carbons (Fsp3) is 0.176. The first-order valence-corrected chi connectivity index (χ1v) is 7.02. The summed E-state index contributed by atoms with van der Waals surface area (Å²) in [6, 6.07) is 12.5. The number of rotatable bonds is 4. The lowest BCUT2D eigenvalue weighted by Crippen LogP contribution is -1.95. The van der Waals surface area contributed by atoms with Crippen LogP contribution in [-0.2, 0) is 12.8 Å². The fourth-order valence-electron chi connectivity index (χ4n) is 2.54. The smallest absolute Gasteiger partial charge is 0.153 e. The topological polar surface area (TPSA) is 67.6 Å². The number of nitrogens with two attached hydrogens (primary N) is 1. The van der Waals surface area contributed by atoms with E-state index < -0.39 is 0 Å². The van der Waals surface area contributed by atoms with Crippen LogP contribution in [0.1, 0.15) is 16.8 Å². The third-order valence-corrected chi connectivity index (χ3v) is 3.57. The molecule has 1 aromatic carbocycles. The summed E-state index contributed by atoms with van der Waals surface area (Å²) < 4.78 is 0. The summed E-state index contributed by atoms with van der Waals surface area (Å²) in [5.41, 5.74) is 11.6. The van der Waals surface area contributed by atoms with E-state index in [9.17, 15) is 0 Å². The molecule has 0 aliphatic heterocycles. The molecular weight excluding hydrogens is 260 g/mol. The van der Waals surface area contributed by atoms with Crippen LogP contribution in [-0.4, -0.2) is 15.2 Å². The molecule has 0 amide bonds. The Balaban J connectivity index is 1.84. The summed E-state index contributed by atoms with van der Waals surface area (Å²) in [7, 11) is 0. The third-order valence-electron chi connectivity index (χ3n) is 3.57. The zero-order valence-corrected chi connectivity index (χ0v) is 12.0. The number of pyridine rings is 1. The van der Waals surface area contributed by atoms with Crippen molar-refractivity contribution in [2.75, 3.05) is 5.73 Å². The predicted octanol–water partition coefficient (Wildman–Crippen LogP) is 3.15. The van der Waals surface area contributed by atoms with Crippen molar-refractivity contribution in [2.45, 2.75) is 19.8 Å². The third kappa shape index (κ3) is 2.94. The molecule has 2 heterocycles. The maximum atomic E-state index is 6.00. The molecule has 0 saturated heterocycles. The number of hydrogen-bond donors (Lipinski definition) is 2. The molecule has 2 aromatic heterocycles. The minimum Gasteiger partial charge on any atom is -0.382 e. The summed E-state index contributed by atoms with van der Waals surface area (Å²) in [5.74, 6) is 0.530. The average Bonchev–Trinajstić information content (AvgIpc) is 2.87. The van der Waals surface area contributed by atoms with E-state index in [2.05, 4.69) is 46.4 Å². The number of aromatic nitrogens is 3. The lowest BCUT2D eigenvalue weighted by Gasteiger charge is -2.05. The van der Waals surface area contributed by atoms with Gasteiger partial charge in [0.15, 0.2) is 5.82 Å². The molecule has 21 heavy (non-hydrogen) atoms. The van der Waals surface area contributed by atoms with Gasteiger partial charge in [0, 0.05) is 29.2 Å². The second-order valence-electron chi connectivity index (χ2n) is 5.19. The van der Waals surface area contributed by atoms with Crippen molar-refractivity contribution in [2.24, 2.45) is 0 Å². The molecule has 0 atom stereocenters. The van der Waals surface area contributed by atoms with Crippen LogP contribution in [0, 0.1) is 6.92 Å². The van der Waals surface area contributed by atoms with Crippen LogP contribution in [0.4, 0.5) is 5.82 Å². The number of H-pyrrole nitrogens is 1. The molecule has 0 saturated carbocycles. The molecule has 0 unspecified atom stereocenters. The number of nitrogens with zero attached hydrogens (tertiary/aromatic N) is 2. The molecule has 3 N–H and O–H groups in total. The van der Waals surface area contributed by atoms with Gasteiger partial charge < -0.3 is 5.73 Å². The van der Waals surface area contributed by atoms with Crippen LogP contribution < -0.4 is 5.73 Å². The van der Waals surface area contributed by atoms with E-state index >= 15 is 0 Å². The van der Waals surface area contributed by atoms with Gasteiger partial charge in [-0.25, -0.2) is 0 Å². The average molecular weight is 278 g/mol. The van der Waals surface area contributed by atoms with E-state index in [1.165, 1.54) is 11.1 Å². The highest BCUT2D eigenvalue weighted by atomic mass is 15.2. The summed E-state index contributed by atoms with van der Waals surface area (Å²) in [4.78, 5) is 4.16. The Morgan fingerprint density at radius 2 is 2.05 bits per heavy atom. The van der Waals surface area contributed by atoms with Crippen LogP contribution in [0.2, 0.25) is 0 Å². The Morgan fingerprint density at radius 3 is 2.81 bits per heavy atom. The predicted molar refractivity (Wildman–Crippen MR) is 84.8 cm³/mol. The molecular formula is C17H18N4. The quantitative estimate of drug-likeness (QED) is 0.770. The number of nitrogen functional groups attached to an aromatic ring is 1. The molecule has 0 fully saturated rings. The van der Waals surface area contributed by atoms with Crippen LogP contribution >= 0.6 is 0 Å². The van der Waals surface area contributed by atoms with Crippen molar-refractivity contribution in [3.63, 3.8) is 0 Å². The minimum absolute atomic E-state index is 0.530. The summed E-state index contributed by atoms with van der Waals surface area (Å²) >= 11 is 0. The molecule has 0 radical (unpaired) electrons. The first kappa shape index (κ1) is 13.4. The maximum Gasteiger partial charge on any atom is 0.153 e. The minimum atomic E-state index is 0.530. The monoisotopic (exact) mass is 278 g/mol. The molecule has 3 aromatic rings. The number of benzene rings is 1. The Bertz CT molecular complexity index is 732. The number of aromatic amines is 1. The first-order valence-electron chi connectivity index (χ1n) is 7.02. The zero-order valence-electron chi connectivity index (χ0n) is 12.0. The van der Waals surface area contributed by atoms with E-state index in [4.69, 9.17) is 5.73 Å². The van der Waals surface area contributed by atoms with Crippen molar-refractivity contribution in [3.05, 3.63) is 65.6 Å². The van der Waals surface area contributed by atoms with Gasteiger partial charge in [-0.05, 0) is 31.4 Å². The van der Waals surface area contributed by atoms with Gasteiger partial charge in [-0.3, -0.25) is 10.1 Å². The van der Waals surface area contributed by atoms with Gasteiger partial charge in [0.05, 0.1) is 0 Å². The van der Waals surface area contributed by atoms with Crippen LogP contribution in [0.5, 0.6) is 0 Å². The molecule has 0 aliphatic carbocycles. The van der Waals surface area contributed by atoms with Gasteiger partial charge in [0.25, 0.3) is 0 Å². The van der Waals surface area contributed by atoms with Crippen molar-refractivity contribution in [1.29, 1.82) is 0 Å². The highest BCUT2D eigenvalue weighted by Crippen LogP contribution is 2.27. The van der Waals surface area contributed by atoms with E-state index in [1.54, 1.807) is 6.20 Å². The maximum absolute atomic E-state index is 6.00. The number of nitrogens with one attached hydrogen (secondary N) is 1. The SMILES string of the molecule is Cc1cccc(CCc2[nH]nc(N)c2-c2cccnc2)c1. The summed E-state index contributed by atoms with van der Waals surface area (Å²) in [5, 5.41) is 7.20. The van der Waals surface area contributed by atoms with Crippen molar-refractivity contribution in [1.82, 2.24) is 15.2 Å². The van der Waals surface area contributed by atoms with Gasteiger partial charge in [0.2, 0.25) is 0 Å². The largest absolute Gasteiger partial charge is 0.382 e. The number of anilines is 1. The first-order chi connectivity index (χ1) is 10.2. The van der Waals surface area contributed by atoms with Gasteiger partial charge in [-0.2, -0.15) is 5.10 Å². The zero-order chi connectivity index (χ0) is 14.7. The highest BCUT2D eigenvalue weighted by molar-refractivity contribution is 5.75. The van der Waals surface area contributed by atoms with Gasteiger partial charge in [-0.1, -0.05) is 35.9 Å². The molecule has 0 bridgehead atoms. The molecule has 3 rings (SSSR count). The summed E-state index contributed by atoms with van der Waals surface area (Å²) in [6.45, 7) is 2.11. The lowest BCUT2D eigenvalue weighted by molar-refractivity contribution is 0.894. The molecule has 4 heteroatoms. The van der Waals surface area contributed by atoms with Gasteiger partial charge in [-0.15, -0.1) is 0 Å². The van der Waals surface area contributed by atoms with Crippen molar-refractivity contribution >= 4 is 5.82 Å². The van der Waals surface area contributed by atoms with E-state index in [0.717, 1.165) is 29.7 Å². The molecule has 106 valence electrons. The van der Waals surface area contributed by atoms with Crippen LogP contribution in [0.3, 0.4) is 0 Å². The van der Waals surface area contributed by atoms with Crippen LogP contribution in [0.25, 0.3) is 11.1 Å². The summed E-state index contributed by atoms with van der Waals surface area (Å²) in [6.07, 6.45) is 5.40. The van der Waals surface area contributed by atoms with E-state index in [1.807, 2.05) is 18.3 Å². The standard InChI is InChI=1S/C17H18N4/c1-12-4-2-5-13(10-12)7-8-15-16(17(18)21-20-15)14-6-3-9-19-11-14/h2-6,9-11H,7-8H2,1H3,(H3,18,20,21). The molecule has 0 spiro atoms. The fourth-order valence-corrected chi connectivity index (χ4v) is 2.54. The van der Waals surface area contributed by atoms with Gasteiger partial charge in [0.1, 0.15) is 0 Å². The number of aryl methyl sites for hydroxylation is 3. The lowest BCUT2D eigenvalue weighted by atomic mass is 10.0. The molecule has 0 aliphatic rings.